The van der Waals surface area contributed by atoms with Gasteiger partial charge in [-0.2, -0.15) is 0 Å². The molecular formula is C13H24N2. The highest BCUT2D eigenvalue weighted by Crippen LogP contribution is 2.19. The molecule has 2 rings (SSSR count). The van der Waals surface area contributed by atoms with Crippen LogP contribution in [0.4, 0.5) is 0 Å². The van der Waals surface area contributed by atoms with Crippen LogP contribution in [0.1, 0.15) is 39.0 Å². The molecule has 0 aromatic carbocycles. The average Bonchev–Trinajstić information content (AvgIpc) is 2.67. The standard InChI is InChI=1S/C13H24N2/c1-2-6-12-11-15(10-5-9-14-12)13-7-3-4-8-13/h3-4,12-14H,2,5-11H2,1H3. The van der Waals surface area contributed by atoms with Gasteiger partial charge in [0, 0.05) is 18.6 Å². The van der Waals surface area contributed by atoms with E-state index in [1.165, 1.54) is 51.7 Å². The quantitative estimate of drug-likeness (QED) is 0.715. The first-order valence-corrected chi connectivity index (χ1v) is 6.52. The third-order valence-electron chi connectivity index (χ3n) is 3.65. The SMILES string of the molecule is CCCC1CN(C2CC=CC2)CCCN1. The van der Waals surface area contributed by atoms with Crippen molar-refractivity contribution in [1.82, 2.24) is 10.2 Å². The fraction of sp³-hybridized carbons (Fsp3) is 0.846. The number of rotatable bonds is 3. The van der Waals surface area contributed by atoms with E-state index in [2.05, 4.69) is 29.3 Å². The van der Waals surface area contributed by atoms with Gasteiger partial charge in [0.1, 0.15) is 0 Å². The van der Waals surface area contributed by atoms with Gasteiger partial charge in [-0.3, -0.25) is 4.90 Å². The van der Waals surface area contributed by atoms with Gasteiger partial charge in [-0.1, -0.05) is 25.5 Å². The number of hydrogen-bond donors (Lipinski definition) is 1. The summed E-state index contributed by atoms with van der Waals surface area (Å²) in [5.41, 5.74) is 0. The van der Waals surface area contributed by atoms with Gasteiger partial charge in [-0.05, 0) is 38.8 Å². The maximum Gasteiger partial charge on any atom is 0.0195 e. The van der Waals surface area contributed by atoms with Gasteiger partial charge >= 0.3 is 0 Å². The van der Waals surface area contributed by atoms with E-state index in [0.29, 0.717) is 0 Å². The Bertz CT molecular complexity index is 205. The van der Waals surface area contributed by atoms with Crippen molar-refractivity contribution in [2.24, 2.45) is 0 Å². The number of hydrogen-bond acceptors (Lipinski definition) is 2. The second kappa shape index (κ2) is 5.66. The molecule has 1 atom stereocenters. The van der Waals surface area contributed by atoms with Gasteiger partial charge in [0.2, 0.25) is 0 Å². The van der Waals surface area contributed by atoms with E-state index in [0.717, 1.165) is 12.1 Å². The molecule has 1 aliphatic carbocycles. The van der Waals surface area contributed by atoms with Crippen molar-refractivity contribution in [3.63, 3.8) is 0 Å². The molecular weight excluding hydrogens is 184 g/mol. The van der Waals surface area contributed by atoms with Gasteiger partial charge in [0.15, 0.2) is 0 Å². The molecule has 2 heteroatoms. The van der Waals surface area contributed by atoms with Crippen molar-refractivity contribution in [2.45, 2.75) is 51.1 Å². The summed E-state index contributed by atoms with van der Waals surface area (Å²) in [5.74, 6) is 0. The van der Waals surface area contributed by atoms with Crippen molar-refractivity contribution in [2.75, 3.05) is 19.6 Å². The van der Waals surface area contributed by atoms with E-state index in [1.54, 1.807) is 0 Å². The second-order valence-corrected chi connectivity index (χ2v) is 4.88. The Morgan fingerprint density at radius 2 is 2.13 bits per heavy atom. The van der Waals surface area contributed by atoms with Crippen molar-refractivity contribution in [1.29, 1.82) is 0 Å². The molecule has 2 aliphatic rings. The lowest BCUT2D eigenvalue weighted by Gasteiger charge is -2.29. The lowest BCUT2D eigenvalue weighted by atomic mass is 10.1. The van der Waals surface area contributed by atoms with Crippen molar-refractivity contribution >= 4 is 0 Å². The van der Waals surface area contributed by atoms with Crippen LogP contribution >= 0.6 is 0 Å². The minimum absolute atomic E-state index is 0.734. The van der Waals surface area contributed by atoms with Crippen LogP contribution in [-0.4, -0.2) is 36.6 Å². The second-order valence-electron chi connectivity index (χ2n) is 4.88. The van der Waals surface area contributed by atoms with E-state index in [1.807, 2.05) is 0 Å². The largest absolute Gasteiger partial charge is 0.313 e. The number of nitrogens with one attached hydrogen (secondary N) is 1. The maximum absolute atomic E-state index is 3.67. The van der Waals surface area contributed by atoms with Gasteiger partial charge in [0.25, 0.3) is 0 Å². The van der Waals surface area contributed by atoms with Crippen LogP contribution in [0, 0.1) is 0 Å². The molecule has 1 unspecified atom stereocenters. The van der Waals surface area contributed by atoms with Crippen LogP contribution in [-0.2, 0) is 0 Å². The summed E-state index contributed by atoms with van der Waals surface area (Å²) < 4.78 is 0. The first kappa shape index (κ1) is 11.2. The zero-order valence-electron chi connectivity index (χ0n) is 9.91. The molecule has 0 saturated carbocycles. The van der Waals surface area contributed by atoms with Crippen LogP contribution in [0.3, 0.4) is 0 Å². The summed E-state index contributed by atoms with van der Waals surface area (Å²) in [5, 5.41) is 3.67. The summed E-state index contributed by atoms with van der Waals surface area (Å²) in [6.07, 6.45) is 11.2. The molecule has 1 heterocycles. The number of nitrogens with zero attached hydrogens (tertiary/aromatic N) is 1. The Balaban J connectivity index is 1.86. The molecule has 1 N–H and O–H groups in total. The molecule has 86 valence electrons. The van der Waals surface area contributed by atoms with Crippen LogP contribution in [0.5, 0.6) is 0 Å². The predicted octanol–water partition coefficient (Wildman–Crippen LogP) is 2.17. The third kappa shape index (κ3) is 3.05. The van der Waals surface area contributed by atoms with E-state index in [4.69, 9.17) is 0 Å². The minimum Gasteiger partial charge on any atom is -0.313 e. The maximum atomic E-state index is 3.67. The van der Waals surface area contributed by atoms with E-state index >= 15 is 0 Å². The van der Waals surface area contributed by atoms with Gasteiger partial charge in [-0.25, -0.2) is 0 Å². The molecule has 0 aromatic rings. The highest BCUT2D eigenvalue weighted by Gasteiger charge is 2.23. The predicted molar refractivity (Wildman–Crippen MR) is 65.1 cm³/mol. The van der Waals surface area contributed by atoms with Gasteiger partial charge < -0.3 is 5.32 Å². The Morgan fingerprint density at radius 3 is 2.87 bits per heavy atom. The molecule has 15 heavy (non-hydrogen) atoms. The molecule has 1 saturated heterocycles. The zero-order valence-corrected chi connectivity index (χ0v) is 9.91. The summed E-state index contributed by atoms with van der Waals surface area (Å²) in [4.78, 5) is 2.71. The van der Waals surface area contributed by atoms with E-state index < -0.39 is 0 Å². The molecule has 1 aliphatic heterocycles. The fourth-order valence-electron chi connectivity index (χ4n) is 2.80. The van der Waals surface area contributed by atoms with Gasteiger partial charge in [-0.15, -0.1) is 0 Å². The Labute approximate surface area is 93.7 Å². The van der Waals surface area contributed by atoms with Crippen LogP contribution in [0.2, 0.25) is 0 Å². The van der Waals surface area contributed by atoms with Crippen molar-refractivity contribution in [3.05, 3.63) is 12.2 Å². The molecule has 0 bridgehead atoms. The Kier molecular flexibility index (Phi) is 4.21. The minimum atomic E-state index is 0.734. The first-order valence-electron chi connectivity index (χ1n) is 6.52. The fourth-order valence-corrected chi connectivity index (χ4v) is 2.80. The highest BCUT2D eigenvalue weighted by atomic mass is 15.2. The summed E-state index contributed by atoms with van der Waals surface area (Å²) in [6.45, 7) is 6.05. The molecule has 0 aromatic heterocycles. The van der Waals surface area contributed by atoms with Crippen molar-refractivity contribution in [3.8, 4) is 0 Å². The smallest absolute Gasteiger partial charge is 0.0195 e. The van der Waals surface area contributed by atoms with Crippen LogP contribution in [0.25, 0.3) is 0 Å². The van der Waals surface area contributed by atoms with E-state index in [-0.39, 0.29) is 0 Å². The molecule has 0 spiro atoms. The van der Waals surface area contributed by atoms with Gasteiger partial charge in [0.05, 0.1) is 0 Å². The molecule has 0 radical (unpaired) electrons. The normalized spacial score (nSPS) is 29.5. The van der Waals surface area contributed by atoms with Crippen LogP contribution in [0.15, 0.2) is 12.2 Å². The first-order chi connectivity index (χ1) is 7.40. The van der Waals surface area contributed by atoms with E-state index in [9.17, 15) is 0 Å². The summed E-state index contributed by atoms with van der Waals surface area (Å²) >= 11 is 0. The molecule has 1 fully saturated rings. The Hall–Kier alpha value is -0.340. The molecule has 2 nitrogen and oxygen atoms in total. The summed E-state index contributed by atoms with van der Waals surface area (Å²) in [7, 11) is 0. The Morgan fingerprint density at radius 1 is 1.33 bits per heavy atom. The zero-order chi connectivity index (χ0) is 10.5. The highest BCUT2D eigenvalue weighted by molar-refractivity contribution is 4.99. The summed E-state index contributed by atoms with van der Waals surface area (Å²) in [6, 6.07) is 1.54. The third-order valence-corrected chi connectivity index (χ3v) is 3.65. The lowest BCUT2D eigenvalue weighted by molar-refractivity contribution is 0.197. The molecule has 0 amide bonds. The monoisotopic (exact) mass is 208 g/mol. The van der Waals surface area contributed by atoms with Crippen LogP contribution < -0.4 is 5.32 Å². The lowest BCUT2D eigenvalue weighted by Crippen LogP contribution is -2.41. The topological polar surface area (TPSA) is 15.3 Å². The average molecular weight is 208 g/mol. The van der Waals surface area contributed by atoms with Crippen molar-refractivity contribution < 1.29 is 0 Å².